The summed E-state index contributed by atoms with van der Waals surface area (Å²) in [5, 5.41) is 6.41. The summed E-state index contributed by atoms with van der Waals surface area (Å²) in [7, 11) is 0. The van der Waals surface area contributed by atoms with Crippen molar-refractivity contribution in [1.82, 2.24) is 9.97 Å². The van der Waals surface area contributed by atoms with Gasteiger partial charge in [-0.05, 0) is 35.7 Å². The molecule has 158 valence electrons. The van der Waals surface area contributed by atoms with Gasteiger partial charge in [-0.3, -0.25) is 0 Å². The SMILES string of the molecule is c1ccc(-c2nc(-c3cc4sc5cccc6c5c4c4c(cccc34)S6)nc3ccccc23)cc1. The van der Waals surface area contributed by atoms with Crippen molar-refractivity contribution in [2.75, 3.05) is 0 Å². The second-order valence-electron chi connectivity index (χ2n) is 8.59. The summed E-state index contributed by atoms with van der Waals surface area (Å²) >= 11 is 3.74. The molecule has 0 spiro atoms. The van der Waals surface area contributed by atoms with E-state index in [1.165, 1.54) is 40.7 Å². The van der Waals surface area contributed by atoms with Crippen LogP contribution in [0.25, 0.3) is 64.5 Å². The summed E-state index contributed by atoms with van der Waals surface area (Å²) in [6, 6.07) is 34.3. The second kappa shape index (κ2) is 6.89. The van der Waals surface area contributed by atoms with E-state index in [2.05, 4.69) is 91.0 Å². The average molecular weight is 469 g/mol. The zero-order valence-corrected chi connectivity index (χ0v) is 19.6. The summed E-state index contributed by atoms with van der Waals surface area (Å²) in [4.78, 5) is 12.9. The van der Waals surface area contributed by atoms with E-state index in [0.29, 0.717) is 0 Å². The Morgan fingerprint density at radius 2 is 1.32 bits per heavy atom. The molecule has 0 radical (unpaired) electrons. The van der Waals surface area contributed by atoms with Crippen LogP contribution in [0.2, 0.25) is 0 Å². The predicted molar refractivity (Wildman–Crippen MR) is 145 cm³/mol. The summed E-state index contributed by atoms with van der Waals surface area (Å²) in [5.41, 5.74) is 4.15. The van der Waals surface area contributed by atoms with Crippen LogP contribution in [0.15, 0.2) is 107 Å². The van der Waals surface area contributed by atoms with Crippen LogP contribution in [0.5, 0.6) is 0 Å². The van der Waals surface area contributed by atoms with Gasteiger partial charge < -0.3 is 0 Å². The number of hydrogen-bond acceptors (Lipinski definition) is 4. The molecular formula is C30H16N2S2. The molecule has 8 rings (SSSR count). The zero-order valence-electron chi connectivity index (χ0n) is 17.9. The Kier molecular flexibility index (Phi) is 3.78. The Morgan fingerprint density at radius 1 is 0.559 bits per heavy atom. The molecule has 5 aromatic carbocycles. The topological polar surface area (TPSA) is 25.8 Å². The van der Waals surface area contributed by atoms with Crippen LogP contribution in [-0.2, 0) is 0 Å². The van der Waals surface area contributed by atoms with E-state index < -0.39 is 0 Å². The number of aromatic nitrogens is 2. The third-order valence-corrected chi connectivity index (χ3v) is 8.88. The lowest BCUT2D eigenvalue weighted by molar-refractivity contribution is 1.24. The van der Waals surface area contributed by atoms with Crippen molar-refractivity contribution in [3.05, 3.63) is 97.1 Å². The highest BCUT2D eigenvalue weighted by molar-refractivity contribution is 8.00. The average Bonchev–Trinajstić information content (AvgIpc) is 3.28. The molecule has 3 heterocycles. The highest BCUT2D eigenvalue weighted by atomic mass is 32.2. The van der Waals surface area contributed by atoms with E-state index in [1.54, 1.807) is 0 Å². The molecule has 0 unspecified atom stereocenters. The highest BCUT2D eigenvalue weighted by Crippen LogP contribution is 2.52. The number of nitrogens with zero attached hydrogens (tertiary/aromatic N) is 2. The molecule has 34 heavy (non-hydrogen) atoms. The van der Waals surface area contributed by atoms with Gasteiger partial charge in [0.2, 0.25) is 0 Å². The minimum atomic E-state index is 0.782. The van der Waals surface area contributed by atoms with Crippen LogP contribution in [-0.4, -0.2) is 9.97 Å². The molecule has 0 N–H and O–H groups in total. The molecule has 1 aliphatic heterocycles. The van der Waals surface area contributed by atoms with Gasteiger partial charge in [-0.2, -0.15) is 0 Å². The maximum absolute atomic E-state index is 5.18. The number of rotatable bonds is 2. The van der Waals surface area contributed by atoms with E-state index in [1.807, 2.05) is 29.2 Å². The maximum atomic E-state index is 5.18. The Balaban J connectivity index is 1.52. The lowest BCUT2D eigenvalue weighted by atomic mass is 9.98. The van der Waals surface area contributed by atoms with Gasteiger partial charge in [0.1, 0.15) is 0 Å². The lowest BCUT2D eigenvalue weighted by Crippen LogP contribution is -1.96. The largest absolute Gasteiger partial charge is 0.228 e. The van der Waals surface area contributed by atoms with Crippen LogP contribution in [0.4, 0.5) is 0 Å². The maximum Gasteiger partial charge on any atom is 0.161 e. The third-order valence-electron chi connectivity index (χ3n) is 6.66. The van der Waals surface area contributed by atoms with E-state index in [-0.39, 0.29) is 0 Å². The molecule has 0 saturated heterocycles. The molecule has 0 amide bonds. The Hall–Kier alpha value is -3.73. The van der Waals surface area contributed by atoms with Gasteiger partial charge in [-0.15, -0.1) is 11.3 Å². The fraction of sp³-hybridized carbons (Fsp3) is 0. The molecule has 2 aromatic heterocycles. The molecule has 0 aliphatic carbocycles. The van der Waals surface area contributed by atoms with E-state index >= 15 is 0 Å². The van der Waals surface area contributed by atoms with Gasteiger partial charge >= 0.3 is 0 Å². The van der Waals surface area contributed by atoms with Gasteiger partial charge in [-0.1, -0.05) is 78.5 Å². The first kappa shape index (κ1) is 18.7. The van der Waals surface area contributed by atoms with Crippen molar-refractivity contribution >= 4 is 64.9 Å². The molecular weight excluding hydrogens is 452 g/mol. The highest BCUT2D eigenvalue weighted by Gasteiger charge is 2.23. The molecule has 0 bridgehead atoms. The van der Waals surface area contributed by atoms with Gasteiger partial charge in [0.15, 0.2) is 5.82 Å². The zero-order chi connectivity index (χ0) is 22.2. The summed E-state index contributed by atoms with van der Waals surface area (Å²) in [5.74, 6) is 0.782. The number of fused-ring (bicyclic) bond motifs is 1. The lowest BCUT2D eigenvalue weighted by Gasteiger charge is -2.17. The summed E-state index contributed by atoms with van der Waals surface area (Å²) < 4.78 is 2.65. The van der Waals surface area contributed by atoms with Crippen LogP contribution in [0.3, 0.4) is 0 Å². The number of hydrogen-bond donors (Lipinski definition) is 0. The molecule has 1 aliphatic rings. The Labute approximate surface area is 203 Å². The number of para-hydroxylation sites is 1. The Morgan fingerprint density at radius 3 is 2.24 bits per heavy atom. The minimum Gasteiger partial charge on any atom is -0.228 e. The van der Waals surface area contributed by atoms with Gasteiger partial charge in [0, 0.05) is 51.9 Å². The Bertz CT molecular complexity index is 1940. The molecule has 4 heteroatoms. The fourth-order valence-electron chi connectivity index (χ4n) is 5.19. The quantitative estimate of drug-likeness (QED) is 0.253. The predicted octanol–water partition coefficient (Wildman–Crippen LogP) is 8.95. The van der Waals surface area contributed by atoms with Crippen molar-refractivity contribution in [3.63, 3.8) is 0 Å². The van der Waals surface area contributed by atoms with Crippen molar-refractivity contribution in [2.45, 2.75) is 9.79 Å². The smallest absolute Gasteiger partial charge is 0.161 e. The monoisotopic (exact) mass is 468 g/mol. The van der Waals surface area contributed by atoms with Gasteiger partial charge in [0.25, 0.3) is 0 Å². The van der Waals surface area contributed by atoms with Crippen LogP contribution >= 0.6 is 23.1 Å². The van der Waals surface area contributed by atoms with Crippen molar-refractivity contribution < 1.29 is 0 Å². The summed E-state index contributed by atoms with van der Waals surface area (Å²) in [6.07, 6.45) is 0. The number of benzene rings is 5. The minimum absolute atomic E-state index is 0.782. The first-order valence-corrected chi connectivity index (χ1v) is 12.9. The van der Waals surface area contributed by atoms with Crippen molar-refractivity contribution in [1.29, 1.82) is 0 Å². The van der Waals surface area contributed by atoms with Crippen LogP contribution < -0.4 is 0 Å². The molecule has 0 saturated carbocycles. The number of thiophene rings is 1. The molecule has 0 fully saturated rings. The van der Waals surface area contributed by atoms with Gasteiger partial charge in [0.05, 0.1) is 11.2 Å². The first-order chi connectivity index (χ1) is 16.8. The van der Waals surface area contributed by atoms with E-state index in [0.717, 1.165) is 33.5 Å². The first-order valence-electron chi connectivity index (χ1n) is 11.3. The third kappa shape index (κ3) is 2.52. The molecule has 2 nitrogen and oxygen atoms in total. The summed E-state index contributed by atoms with van der Waals surface area (Å²) in [6.45, 7) is 0. The van der Waals surface area contributed by atoms with Gasteiger partial charge in [-0.25, -0.2) is 9.97 Å². The fourth-order valence-corrected chi connectivity index (χ4v) is 7.60. The standard InChI is InChI=1S/C30H16N2S2/c1-2-8-17(9-3-1)29-19-10-4-5-12-21(19)31-30(32-29)20-16-25-28-26-18(20)11-6-13-22(26)33-23-14-7-15-24(34-25)27(23)28/h1-16H. The normalized spacial score (nSPS) is 12.6. The van der Waals surface area contributed by atoms with E-state index in [4.69, 9.17) is 9.97 Å². The van der Waals surface area contributed by atoms with E-state index in [9.17, 15) is 0 Å². The second-order valence-corrected chi connectivity index (χ2v) is 10.8. The van der Waals surface area contributed by atoms with Crippen molar-refractivity contribution in [3.8, 4) is 22.6 Å². The molecule has 0 atom stereocenters. The van der Waals surface area contributed by atoms with Crippen molar-refractivity contribution in [2.24, 2.45) is 0 Å². The van der Waals surface area contributed by atoms with Crippen LogP contribution in [0.1, 0.15) is 0 Å². The molecule has 7 aromatic rings. The van der Waals surface area contributed by atoms with Crippen LogP contribution in [0, 0.1) is 0 Å².